The van der Waals surface area contributed by atoms with Gasteiger partial charge in [0.15, 0.2) is 17.5 Å². The first-order valence-corrected chi connectivity index (χ1v) is 10.2. The summed E-state index contributed by atoms with van der Waals surface area (Å²) in [5, 5.41) is 9.81. The molecule has 2 amide bonds. The Labute approximate surface area is 183 Å². The highest BCUT2D eigenvalue weighted by atomic mass is 19.1. The molecule has 1 fully saturated rings. The van der Waals surface area contributed by atoms with Gasteiger partial charge in [-0.1, -0.05) is 0 Å². The number of amides is 2. The molecule has 0 spiro atoms. The SMILES string of the molecule is Cc1nc(C2CC=NN2C(=O)N2CC(Oc3cc(-c4c(C)cnn4C)ncc3F)C2)co1. The highest BCUT2D eigenvalue weighted by Gasteiger charge is 2.40. The molecule has 166 valence electrons. The number of ether oxygens (including phenoxy) is 1. The Morgan fingerprint density at radius 1 is 1.28 bits per heavy atom. The van der Waals surface area contributed by atoms with E-state index in [-0.39, 0.29) is 23.9 Å². The lowest BCUT2D eigenvalue weighted by Crippen LogP contribution is -2.58. The Morgan fingerprint density at radius 3 is 2.78 bits per heavy atom. The van der Waals surface area contributed by atoms with Gasteiger partial charge in [-0.3, -0.25) is 9.67 Å². The summed E-state index contributed by atoms with van der Waals surface area (Å²) in [5.41, 5.74) is 2.96. The number of urea groups is 1. The van der Waals surface area contributed by atoms with Gasteiger partial charge in [-0.15, -0.1) is 0 Å². The van der Waals surface area contributed by atoms with E-state index in [0.717, 1.165) is 17.5 Å². The van der Waals surface area contributed by atoms with Crippen molar-refractivity contribution in [3.8, 4) is 17.1 Å². The van der Waals surface area contributed by atoms with Gasteiger partial charge in [0.05, 0.1) is 36.9 Å². The second-order valence-electron chi connectivity index (χ2n) is 7.91. The summed E-state index contributed by atoms with van der Waals surface area (Å²) in [6.45, 7) is 4.33. The van der Waals surface area contributed by atoms with Crippen molar-refractivity contribution in [1.82, 2.24) is 29.7 Å². The highest BCUT2D eigenvalue weighted by Crippen LogP contribution is 2.31. The number of hydrazone groups is 1. The molecular formula is C21H22FN7O3. The van der Waals surface area contributed by atoms with Crippen LogP contribution in [0.2, 0.25) is 0 Å². The predicted molar refractivity (Wildman–Crippen MR) is 111 cm³/mol. The first-order valence-electron chi connectivity index (χ1n) is 10.2. The van der Waals surface area contributed by atoms with Crippen LogP contribution in [0.3, 0.4) is 0 Å². The largest absolute Gasteiger partial charge is 0.483 e. The van der Waals surface area contributed by atoms with Gasteiger partial charge in [0, 0.05) is 32.7 Å². The number of aromatic nitrogens is 4. The molecule has 2 aliphatic rings. The number of halogens is 1. The number of hydrogen-bond acceptors (Lipinski definition) is 7. The Balaban J connectivity index is 1.24. The zero-order valence-corrected chi connectivity index (χ0v) is 17.9. The van der Waals surface area contributed by atoms with Crippen molar-refractivity contribution in [2.45, 2.75) is 32.4 Å². The van der Waals surface area contributed by atoms with Gasteiger partial charge in [-0.25, -0.2) is 19.2 Å². The summed E-state index contributed by atoms with van der Waals surface area (Å²) in [6.07, 6.45) is 6.35. The normalized spacial score (nSPS) is 18.3. The zero-order valence-electron chi connectivity index (χ0n) is 17.9. The van der Waals surface area contributed by atoms with E-state index in [1.807, 2.05) is 6.92 Å². The molecule has 10 nitrogen and oxygen atoms in total. The molecule has 11 heteroatoms. The van der Waals surface area contributed by atoms with E-state index in [2.05, 4.69) is 20.2 Å². The zero-order chi connectivity index (χ0) is 22.4. The molecule has 0 aromatic carbocycles. The van der Waals surface area contributed by atoms with Crippen molar-refractivity contribution < 1.29 is 18.3 Å². The minimum Gasteiger partial charge on any atom is -0.483 e. The average Bonchev–Trinajstić information content (AvgIpc) is 3.46. The van der Waals surface area contributed by atoms with Crippen LogP contribution < -0.4 is 4.74 Å². The summed E-state index contributed by atoms with van der Waals surface area (Å²) in [4.78, 5) is 23.0. The molecule has 0 radical (unpaired) electrons. The molecule has 2 aliphatic heterocycles. The van der Waals surface area contributed by atoms with E-state index in [0.29, 0.717) is 36.8 Å². The van der Waals surface area contributed by atoms with E-state index in [9.17, 15) is 9.18 Å². The molecule has 0 bridgehead atoms. The standard InChI is InChI=1S/C21H22FN7O3/c1-12-7-25-27(3)20(12)16-6-19(15(22)8-23-16)32-14-9-28(10-14)21(30)29-18(4-5-24-29)17-11-31-13(2)26-17/h5-8,11,14,18H,4,9-10H2,1-3H3. The number of aryl methyl sites for hydroxylation is 3. The van der Waals surface area contributed by atoms with Crippen LogP contribution in [0.1, 0.15) is 29.6 Å². The molecule has 32 heavy (non-hydrogen) atoms. The summed E-state index contributed by atoms with van der Waals surface area (Å²) < 4.78 is 27.1. The maximum atomic E-state index is 14.3. The molecule has 1 saturated heterocycles. The summed E-state index contributed by atoms with van der Waals surface area (Å²) in [6, 6.07) is 1.03. The van der Waals surface area contributed by atoms with Crippen LogP contribution in [0, 0.1) is 19.7 Å². The van der Waals surface area contributed by atoms with Crippen molar-refractivity contribution in [3.63, 3.8) is 0 Å². The van der Waals surface area contributed by atoms with E-state index in [4.69, 9.17) is 9.15 Å². The smallest absolute Gasteiger partial charge is 0.341 e. The van der Waals surface area contributed by atoms with Crippen LogP contribution in [0.15, 0.2) is 34.2 Å². The minimum absolute atomic E-state index is 0.0999. The Morgan fingerprint density at radius 2 is 2.09 bits per heavy atom. The number of hydrogen-bond donors (Lipinski definition) is 0. The molecule has 1 atom stereocenters. The van der Waals surface area contributed by atoms with Gasteiger partial charge in [0.1, 0.15) is 24.1 Å². The lowest BCUT2D eigenvalue weighted by atomic mass is 10.1. The third kappa shape index (κ3) is 3.49. The van der Waals surface area contributed by atoms with Crippen molar-refractivity contribution >= 4 is 12.2 Å². The second kappa shape index (κ2) is 7.74. The van der Waals surface area contributed by atoms with Gasteiger partial charge < -0.3 is 14.1 Å². The molecule has 3 aromatic heterocycles. The number of pyridine rings is 1. The Kier molecular flexibility index (Phi) is 4.87. The van der Waals surface area contributed by atoms with Crippen LogP contribution in [0.5, 0.6) is 5.75 Å². The third-order valence-corrected chi connectivity index (χ3v) is 5.60. The molecular weight excluding hydrogens is 417 g/mol. The molecule has 1 unspecified atom stereocenters. The lowest BCUT2D eigenvalue weighted by Gasteiger charge is -2.40. The third-order valence-electron chi connectivity index (χ3n) is 5.60. The second-order valence-corrected chi connectivity index (χ2v) is 7.91. The molecule has 5 heterocycles. The van der Waals surface area contributed by atoms with Crippen LogP contribution in [0.25, 0.3) is 11.4 Å². The van der Waals surface area contributed by atoms with Crippen LogP contribution >= 0.6 is 0 Å². The number of oxazole rings is 1. The fraction of sp³-hybridized carbons (Fsp3) is 0.381. The van der Waals surface area contributed by atoms with E-state index in [1.165, 1.54) is 5.01 Å². The first-order chi connectivity index (χ1) is 15.4. The van der Waals surface area contributed by atoms with Crippen LogP contribution in [0.4, 0.5) is 9.18 Å². The maximum Gasteiger partial charge on any atom is 0.341 e. The topological polar surface area (TPSA) is 102 Å². The fourth-order valence-electron chi connectivity index (χ4n) is 3.93. The van der Waals surface area contributed by atoms with Gasteiger partial charge >= 0.3 is 6.03 Å². The Hall–Kier alpha value is -3.76. The lowest BCUT2D eigenvalue weighted by molar-refractivity contribution is 0.0255. The van der Waals surface area contributed by atoms with E-state index >= 15 is 0 Å². The Bertz CT molecular complexity index is 1180. The minimum atomic E-state index is -0.552. The molecule has 0 N–H and O–H groups in total. The quantitative estimate of drug-likeness (QED) is 0.620. The van der Waals surface area contributed by atoms with E-state index < -0.39 is 5.82 Å². The summed E-state index contributed by atoms with van der Waals surface area (Å²) >= 11 is 0. The van der Waals surface area contributed by atoms with Crippen molar-refractivity contribution in [1.29, 1.82) is 0 Å². The highest BCUT2D eigenvalue weighted by molar-refractivity contribution is 5.79. The number of likely N-dealkylation sites (tertiary alicyclic amines) is 1. The monoisotopic (exact) mass is 439 g/mol. The van der Waals surface area contributed by atoms with Gasteiger partial charge in [-0.2, -0.15) is 10.2 Å². The van der Waals surface area contributed by atoms with Crippen LogP contribution in [-0.2, 0) is 7.05 Å². The summed E-state index contributed by atoms with van der Waals surface area (Å²) in [5.74, 6) is 0.0866. The summed E-state index contributed by atoms with van der Waals surface area (Å²) in [7, 11) is 1.80. The molecule has 0 saturated carbocycles. The van der Waals surface area contributed by atoms with Gasteiger partial charge in [-0.05, 0) is 12.5 Å². The molecule has 0 aliphatic carbocycles. The number of nitrogens with zero attached hydrogens (tertiary/aromatic N) is 7. The van der Waals surface area contributed by atoms with Crippen molar-refractivity contribution in [3.05, 3.63) is 47.7 Å². The van der Waals surface area contributed by atoms with Gasteiger partial charge in [0.2, 0.25) is 0 Å². The predicted octanol–water partition coefficient (Wildman–Crippen LogP) is 2.84. The number of carbonyl (C=O) groups excluding carboxylic acids is 1. The molecule has 5 rings (SSSR count). The van der Waals surface area contributed by atoms with Crippen molar-refractivity contribution in [2.24, 2.45) is 12.1 Å². The van der Waals surface area contributed by atoms with Crippen LogP contribution in [-0.4, -0.2) is 61.1 Å². The van der Waals surface area contributed by atoms with Gasteiger partial charge in [0.25, 0.3) is 0 Å². The first kappa shape index (κ1) is 20.2. The maximum absolute atomic E-state index is 14.3. The average molecular weight is 439 g/mol. The number of rotatable bonds is 4. The number of carbonyl (C=O) groups is 1. The fourth-order valence-corrected chi connectivity index (χ4v) is 3.93. The van der Waals surface area contributed by atoms with E-state index in [1.54, 1.807) is 48.3 Å². The van der Waals surface area contributed by atoms with Crippen molar-refractivity contribution in [2.75, 3.05) is 13.1 Å². The molecule has 3 aromatic rings.